The molecule has 0 saturated carbocycles. The second kappa shape index (κ2) is 5.50. The smallest absolute Gasteiger partial charge is 0.306 e. The van der Waals surface area contributed by atoms with Crippen LogP contribution in [0.5, 0.6) is 0 Å². The normalized spacial score (nSPS) is 12.8. The van der Waals surface area contributed by atoms with Crippen LogP contribution < -0.4 is 5.69 Å². The first kappa shape index (κ1) is 14.1. The zero-order chi connectivity index (χ0) is 14.3. The fourth-order valence-electron chi connectivity index (χ4n) is 2.11. The van der Waals surface area contributed by atoms with E-state index in [4.69, 9.17) is 0 Å². The summed E-state index contributed by atoms with van der Waals surface area (Å²) >= 11 is 10.8. The average Bonchev–Trinajstić information content (AvgIpc) is 2.76. The van der Waals surface area contributed by atoms with Crippen LogP contribution in [0.4, 0.5) is 0 Å². The molecule has 0 aliphatic rings. The van der Waals surface area contributed by atoms with Crippen molar-refractivity contribution in [2.24, 2.45) is 0 Å². The van der Waals surface area contributed by atoms with Gasteiger partial charge in [-0.05, 0) is 35.4 Å². The predicted molar refractivity (Wildman–Crippen MR) is 91.5 cm³/mol. The molecule has 20 heavy (non-hydrogen) atoms. The van der Waals surface area contributed by atoms with Crippen molar-refractivity contribution in [3.8, 4) is 0 Å². The Labute approximate surface area is 140 Å². The molecule has 3 aromatic rings. The summed E-state index contributed by atoms with van der Waals surface area (Å²) in [6, 6.07) is 12.0. The molecule has 3 nitrogen and oxygen atoms in total. The van der Waals surface area contributed by atoms with E-state index in [1.54, 1.807) is 0 Å². The number of aromatic amines is 2. The molecular formula is C14H9Br3N2O. The third-order valence-corrected chi connectivity index (χ3v) is 5.25. The van der Waals surface area contributed by atoms with Crippen molar-refractivity contribution in [3.63, 3.8) is 0 Å². The Morgan fingerprint density at radius 3 is 2.40 bits per heavy atom. The van der Waals surface area contributed by atoms with Crippen LogP contribution in [0.2, 0.25) is 0 Å². The molecule has 2 N–H and O–H groups in total. The van der Waals surface area contributed by atoms with E-state index in [1.807, 2.05) is 24.3 Å². The van der Waals surface area contributed by atoms with Crippen LogP contribution in [-0.4, -0.2) is 9.97 Å². The van der Waals surface area contributed by atoms with Gasteiger partial charge < -0.3 is 9.97 Å². The van der Waals surface area contributed by atoms with Crippen LogP contribution in [0, 0.1) is 0 Å². The highest BCUT2D eigenvalue weighted by molar-refractivity contribution is 9.11. The first-order valence-electron chi connectivity index (χ1n) is 5.85. The van der Waals surface area contributed by atoms with Crippen molar-refractivity contribution in [1.82, 2.24) is 9.97 Å². The van der Waals surface area contributed by atoms with Gasteiger partial charge in [0.15, 0.2) is 0 Å². The maximum Gasteiger partial charge on any atom is 0.323 e. The summed E-state index contributed by atoms with van der Waals surface area (Å²) in [5, 5.41) is 0. The second-order valence-electron chi connectivity index (χ2n) is 4.42. The molecule has 1 unspecified atom stereocenters. The lowest BCUT2D eigenvalue weighted by molar-refractivity contribution is 1.16. The molecule has 1 aromatic heterocycles. The van der Waals surface area contributed by atoms with Crippen LogP contribution in [-0.2, 0) is 0 Å². The standard InChI is InChI=1S/C14H9Br3N2O/c15-8-3-1-2-7(4-8)13(17)9-5-11-12(6-10(9)16)19-14(20)18-11/h1-6,13H,(H2,18,19,20). The van der Waals surface area contributed by atoms with E-state index in [1.165, 1.54) is 0 Å². The molecule has 1 heterocycles. The highest BCUT2D eigenvalue weighted by Crippen LogP contribution is 2.37. The molecule has 0 fully saturated rings. The lowest BCUT2D eigenvalue weighted by Gasteiger charge is -2.13. The van der Waals surface area contributed by atoms with Gasteiger partial charge in [0.25, 0.3) is 0 Å². The van der Waals surface area contributed by atoms with Crippen molar-refractivity contribution in [3.05, 3.63) is 67.0 Å². The number of imidazole rings is 1. The van der Waals surface area contributed by atoms with E-state index in [0.29, 0.717) is 0 Å². The number of nitrogens with one attached hydrogen (secondary N) is 2. The largest absolute Gasteiger partial charge is 0.323 e. The van der Waals surface area contributed by atoms with Gasteiger partial charge in [-0.2, -0.15) is 0 Å². The summed E-state index contributed by atoms with van der Waals surface area (Å²) in [5.74, 6) is 0. The number of hydrogen-bond acceptors (Lipinski definition) is 1. The molecule has 0 bridgehead atoms. The molecular weight excluding hydrogens is 452 g/mol. The van der Waals surface area contributed by atoms with E-state index >= 15 is 0 Å². The third kappa shape index (κ3) is 2.64. The van der Waals surface area contributed by atoms with Crippen molar-refractivity contribution < 1.29 is 0 Å². The molecule has 102 valence electrons. The van der Waals surface area contributed by atoms with Gasteiger partial charge in [-0.25, -0.2) is 4.79 Å². The van der Waals surface area contributed by atoms with Gasteiger partial charge in [0.1, 0.15) is 0 Å². The summed E-state index contributed by atoms with van der Waals surface area (Å²) < 4.78 is 1.98. The van der Waals surface area contributed by atoms with E-state index in [9.17, 15) is 4.79 Å². The van der Waals surface area contributed by atoms with E-state index in [2.05, 4.69) is 69.9 Å². The lowest BCUT2D eigenvalue weighted by atomic mass is 10.0. The number of halogens is 3. The highest BCUT2D eigenvalue weighted by atomic mass is 79.9. The second-order valence-corrected chi connectivity index (χ2v) is 7.10. The van der Waals surface area contributed by atoms with Gasteiger partial charge in [-0.15, -0.1) is 0 Å². The number of alkyl halides is 1. The molecule has 0 saturated heterocycles. The molecule has 0 amide bonds. The summed E-state index contributed by atoms with van der Waals surface area (Å²) in [7, 11) is 0. The molecule has 2 aromatic carbocycles. The minimum atomic E-state index is -0.197. The van der Waals surface area contributed by atoms with Gasteiger partial charge in [0.05, 0.1) is 15.9 Å². The van der Waals surface area contributed by atoms with Gasteiger partial charge in [-0.1, -0.05) is 59.9 Å². The first-order valence-corrected chi connectivity index (χ1v) is 8.36. The minimum Gasteiger partial charge on any atom is -0.306 e. The minimum absolute atomic E-state index is 0.0391. The lowest BCUT2D eigenvalue weighted by Crippen LogP contribution is -1.99. The molecule has 0 spiro atoms. The highest BCUT2D eigenvalue weighted by Gasteiger charge is 2.15. The summed E-state index contributed by atoms with van der Waals surface area (Å²) in [5.41, 5.74) is 3.59. The fraction of sp³-hybridized carbons (Fsp3) is 0.0714. The molecule has 0 aliphatic carbocycles. The van der Waals surface area contributed by atoms with Crippen molar-refractivity contribution >= 4 is 58.8 Å². The molecule has 0 aliphatic heterocycles. The first-order chi connectivity index (χ1) is 9.54. The summed E-state index contributed by atoms with van der Waals surface area (Å²) in [6.07, 6.45) is 0. The molecule has 0 radical (unpaired) electrons. The Hall–Kier alpha value is -0.850. The number of rotatable bonds is 2. The monoisotopic (exact) mass is 458 g/mol. The van der Waals surface area contributed by atoms with E-state index in [-0.39, 0.29) is 10.5 Å². The van der Waals surface area contributed by atoms with Crippen molar-refractivity contribution in [1.29, 1.82) is 0 Å². The fourth-order valence-corrected chi connectivity index (χ4v) is 4.07. The van der Waals surface area contributed by atoms with Gasteiger partial charge >= 0.3 is 5.69 Å². The van der Waals surface area contributed by atoms with Crippen LogP contribution in [0.1, 0.15) is 16.0 Å². The van der Waals surface area contributed by atoms with Gasteiger partial charge in [0, 0.05) is 8.95 Å². The third-order valence-electron chi connectivity index (χ3n) is 3.05. The Bertz CT molecular complexity index is 838. The number of hydrogen-bond donors (Lipinski definition) is 2. The average molecular weight is 461 g/mol. The quantitative estimate of drug-likeness (QED) is 0.527. The molecule has 3 rings (SSSR count). The summed E-state index contributed by atoms with van der Waals surface area (Å²) in [6.45, 7) is 0. The zero-order valence-corrected chi connectivity index (χ0v) is 14.8. The molecule has 1 atom stereocenters. The number of fused-ring (bicyclic) bond motifs is 1. The summed E-state index contributed by atoms with van der Waals surface area (Å²) in [4.78, 5) is 16.9. The van der Waals surface area contributed by atoms with Crippen LogP contribution >= 0.6 is 47.8 Å². The van der Waals surface area contributed by atoms with Crippen LogP contribution in [0.25, 0.3) is 11.0 Å². The zero-order valence-electron chi connectivity index (χ0n) is 10.1. The Morgan fingerprint density at radius 1 is 1.00 bits per heavy atom. The number of aromatic nitrogens is 2. The topological polar surface area (TPSA) is 48.6 Å². The SMILES string of the molecule is O=c1[nH]c2cc(Br)c(C(Br)c3cccc(Br)c3)cc2[nH]1. The number of benzene rings is 2. The van der Waals surface area contributed by atoms with E-state index < -0.39 is 0 Å². The van der Waals surface area contributed by atoms with Crippen molar-refractivity contribution in [2.75, 3.05) is 0 Å². The molecule has 6 heteroatoms. The number of H-pyrrole nitrogens is 2. The van der Waals surface area contributed by atoms with E-state index in [0.717, 1.165) is 31.1 Å². The Kier molecular flexibility index (Phi) is 3.88. The Morgan fingerprint density at radius 2 is 1.70 bits per heavy atom. The van der Waals surface area contributed by atoms with Gasteiger partial charge in [0.2, 0.25) is 0 Å². The van der Waals surface area contributed by atoms with Crippen molar-refractivity contribution in [2.45, 2.75) is 4.83 Å². The Balaban J connectivity index is 2.13. The van der Waals surface area contributed by atoms with Crippen LogP contribution in [0.15, 0.2) is 50.1 Å². The van der Waals surface area contributed by atoms with Crippen LogP contribution in [0.3, 0.4) is 0 Å². The maximum atomic E-state index is 11.4. The van der Waals surface area contributed by atoms with Gasteiger partial charge in [-0.3, -0.25) is 0 Å². The predicted octanol–water partition coefficient (Wildman–Crippen LogP) is 4.87. The maximum absolute atomic E-state index is 11.4.